The lowest BCUT2D eigenvalue weighted by Crippen LogP contribution is -1.86. The van der Waals surface area contributed by atoms with E-state index in [9.17, 15) is 0 Å². The molecule has 3 heteroatoms. The van der Waals surface area contributed by atoms with Gasteiger partial charge in [-0.05, 0) is 12.1 Å². The van der Waals surface area contributed by atoms with Crippen LogP contribution in [0.2, 0.25) is 0 Å². The van der Waals surface area contributed by atoms with Gasteiger partial charge in [-0.15, -0.1) is 0 Å². The molecule has 0 bridgehead atoms. The molecule has 3 aromatic heterocycles. The molecule has 0 aliphatic carbocycles. The van der Waals surface area contributed by atoms with Gasteiger partial charge < -0.3 is 0 Å². The lowest BCUT2D eigenvalue weighted by atomic mass is 10.1. The lowest BCUT2D eigenvalue weighted by Gasteiger charge is -2.04. The highest BCUT2D eigenvalue weighted by Gasteiger charge is 2.03. The van der Waals surface area contributed by atoms with Crippen molar-refractivity contribution in [3.63, 3.8) is 0 Å². The molecule has 0 aliphatic rings. The molecule has 3 heterocycles. The van der Waals surface area contributed by atoms with Crippen molar-refractivity contribution >= 4 is 10.9 Å². The van der Waals surface area contributed by atoms with Gasteiger partial charge in [-0.3, -0.25) is 15.0 Å². The Bertz CT molecular complexity index is 615. The van der Waals surface area contributed by atoms with E-state index >= 15 is 0 Å². The van der Waals surface area contributed by atoms with E-state index in [1.54, 1.807) is 18.6 Å². The molecule has 0 aliphatic heterocycles. The molecule has 3 aromatic rings. The Hall–Kier alpha value is -2.29. The maximum absolute atomic E-state index is 4.28. The minimum atomic E-state index is 0.906. The maximum atomic E-state index is 4.28. The van der Waals surface area contributed by atoms with E-state index in [0.29, 0.717) is 0 Å². The van der Waals surface area contributed by atoms with Crippen LogP contribution in [-0.2, 0) is 0 Å². The van der Waals surface area contributed by atoms with Crippen LogP contribution in [0.15, 0.2) is 55.2 Å². The Morgan fingerprint density at radius 2 is 1.75 bits per heavy atom. The van der Waals surface area contributed by atoms with E-state index < -0.39 is 0 Å². The predicted molar refractivity (Wildman–Crippen MR) is 62.8 cm³/mol. The third kappa shape index (κ3) is 1.42. The van der Waals surface area contributed by atoms with E-state index in [0.717, 1.165) is 22.0 Å². The molecule has 0 radical (unpaired) electrons. The van der Waals surface area contributed by atoms with E-state index in [-0.39, 0.29) is 0 Å². The van der Waals surface area contributed by atoms with Crippen LogP contribution in [0, 0.1) is 0 Å². The second-order valence-electron chi connectivity index (χ2n) is 3.50. The second-order valence-corrected chi connectivity index (χ2v) is 3.50. The molecule has 0 N–H and O–H groups in total. The first kappa shape index (κ1) is 8.97. The van der Waals surface area contributed by atoms with Crippen LogP contribution < -0.4 is 0 Å². The second kappa shape index (κ2) is 3.70. The summed E-state index contributed by atoms with van der Waals surface area (Å²) in [6, 6.07) is 7.93. The SMILES string of the molecule is c1cncc(-c2cncc3ncccc23)c1. The van der Waals surface area contributed by atoms with Crippen LogP contribution in [0.3, 0.4) is 0 Å². The molecule has 3 nitrogen and oxygen atoms in total. The predicted octanol–water partition coefficient (Wildman–Crippen LogP) is 2.69. The van der Waals surface area contributed by atoms with Crippen molar-refractivity contribution in [1.29, 1.82) is 0 Å². The number of nitrogens with zero attached hydrogens (tertiary/aromatic N) is 3. The average Bonchev–Trinajstić information content (AvgIpc) is 2.39. The highest BCUT2D eigenvalue weighted by Crippen LogP contribution is 2.25. The smallest absolute Gasteiger partial charge is 0.0891 e. The minimum absolute atomic E-state index is 0.906. The molecule has 0 atom stereocenters. The summed E-state index contributed by atoms with van der Waals surface area (Å²) in [6.45, 7) is 0. The van der Waals surface area contributed by atoms with Gasteiger partial charge in [0.15, 0.2) is 0 Å². The summed E-state index contributed by atoms with van der Waals surface area (Å²) in [5.41, 5.74) is 3.04. The zero-order valence-corrected chi connectivity index (χ0v) is 8.54. The van der Waals surface area contributed by atoms with Gasteiger partial charge in [0.2, 0.25) is 0 Å². The fraction of sp³-hybridized carbons (Fsp3) is 0. The average molecular weight is 207 g/mol. The number of aromatic nitrogens is 3. The molecule has 0 spiro atoms. The molecular weight excluding hydrogens is 198 g/mol. The normalized spacial score (nSPS) is 10.5. The van der Waals surface area contributed by atoms with Crippen molar-refractivity contribution in [3.8, 4) is 11.1 Å². The topological polar surface area (TPSA) is 38.7 Å². The minimum Gasteiger partial charge on any atom is -0.264 e. The van der Waals surface area contributed by atoms with Gasteiger partial charge in [-0.1, -0.05) is 12.1 Å². The fourth-order valence-electron chi connectivity index (χ4n) is 1.75. The Morgan fingerprint density at radius 3 is 2.62 bits per heavy atom. The number of rotatable bonds is 1. The van der Waals surface area contributed by atoms with Crippen molar-refractivity contribution in [2.45, 2.75) is 0 Å². The van der Waals surface area contributed by atoms with Gasteiger partial charge in [0, 0.05) is 41.3 Å². The molecule has 0 unspecified atom stereocenters. The highest BCUT2D eigenvalue weighted by atomic mass is 14.7. The van der Waals surface area contributed by atoms with E-state index in [1.807, 2.05) is 36.7 Å². The van der Waals surface area contributed by atoms with Gasteiger partial charge in [0.05, 0.1) is 11.7 Å². The summed E-state index contributed by atoms with van der Waals surface area (Å²) in [6.07, 6.45) is 9.00. The molecule has 0 saturated heterocycles. The van der Waals surface area contributed by atoms with Gasteiger partial charge in [0.1, 0.15) is 0 Å². The van der Waals surface area contributed by atoms with Gasteiger partial charge in [-0.2, -0.15) is 0 Å². The first-order valence-electron chi connectivity index (χ1n) is 5.04. The Kier molecular flexibility index (Phi) is 2.07. The van der Waals surface area contributed by atoms with Crippen LogP contribution >= 0.6 is 0 Å². The van der Waals surface area contributed by atoms with Crippen LogP contribution in [0.25, 0.3) is 22.0 Å². The summed E-state index contributed by atoms with van der Waals surface area (Å²) in [5, 5.41) is 1.10. The number of fused-ring (bicyclic) bond motifs is 1. The highest BCUT2D eigenvalue weighted by molar-refractivity contribution is 5.93. The zero-order chi connectivity index (χ0) is 10.8. The van der Waals surface area contributed by atoms with Gasteiger partial charge in [-0.25, -0.2) is 0 Å². The van der Waals surface area contributed by atoms with Crippen molar-refractivity contribution < 1.29 is 0 Å². The Balaban J connectivity index is 2.32. The monoisotopic (exact) mass is 207 g/mol. The number of hydrogen-bond donors (Lipinski definition) is 0. The Morgan fingerprint density at radius 1 is 0.812 bits per heavy atom. The molecule has 76 valence electrons. The summed E-state index contributed by atoms with van der Waals surface area (Å²) in [7, 11) is 0. The first-order chi connectivity index (χ1) is 7.95. The molecular formula is C13H9N3. The van der Waals surface area contributed by atoms with Crippen LogP contribution in [0.5, 0.6) is 0 Å². The molecule has 0 aromatic carbocycles. The molecule has 0 fully saturated rings. The maximum Gasteiger partial charge on any atom is 0.0891 e. The van der Waals surface area contributed by atoms with Crippen molar-refractivity contribution in [2.24, 2.45) is 0 Å². The third-order valence-electron chi connectivity index (χ3n) is 2.50. The summed E-state index contributed by atoms with van der Waals surface area (Å²) >= 11 is 0. The number of hydrogen-bond acceptors (Lipinski definition) is 3. The standard InChI is InChI=1S/C13H9N3/c1-3-10(7-14-5-1)12-8-15-9-13-11(12)4-2-6-16-13/h1-9H. The van der Waals surface area contributed by atoms with Crippen LogP contribution in [-0.4, -0.2) is 15.0 Å². The van der Waals surface area contributed by atoms with E-state index in [1.165, 1.54) is 0 Å². The van der Waals surface area contributed by atoms with Gasteiger partial charge in [0.25, 0.3) is 0 Å². The molecule has 16 heavy (non-hydrogen) atoms. The largest absolute Gasteiger partial charge is 0.264 e. The van der Waals surface area contributed by atoms with Crippen LogP contribution in [0.4, 0.5) is 0 Å². The van der Waals surface area contributed by atoms with Gasteiger partial charge >= 0.3 is 0 Å². The quantitative estimate of drug-likeness (QED) is 0.615. The third-order valence-corrected chi connectivity index (χ3v) is 2.50. The van der Waals surface area contributed by atoms with Crippen molar-refractivity contribution in [3.05, 3.63) is 55.2 Å². The summed E-state index contributed by atoms with van der Waals surface area (Å²) in [5.74, 6) is 0. The summed E-state index contributed by atoms with van der Waals surface area (Å²) < 4.78 is 0. The molecule has 3 rings (SSSR count). The van der Waals surface area contributed by atoms with E-state index in [2.05, 4.69) is 15.0 Å². The molecule has 0 amide bonds. The lowest BCUT2D eigenvalue weighted by molar-refractivity contribution is 1.29. The molecule has 0 saturated carbocycles. The number of pyridine rings is 3. The van der Waals surface area contributed by atoms with Crippen molar-refractivity contribution in [2.75, 3.05) is 0 Å². The van der Waals surface area contributed by atoms with E-state index in [4.69, 9.17) is 0 Å². The van der Waals surface area contributed by atoms with Crippen LogP contribution in [0.1, 0.15) is 0 Å². The fourth-order valence-corrected chi connectivity index (χ4v) is 1.75. The Labute approximate surface area is 92.8 Å². The first-order valence-corrected chi connectivity index (χ1v) is 5.04. The van der Waals surface area contributed by atoms with Crippen molar-refractivity contribution in [1.82, 2.24) is 15.0 Å². The zero-order valence-electron chi connectivity index (χ0n) is 8.54. The summed E-state index contributed by atoms with van der Waals surface area (Å²) in [4.78, 5) is 12.6.